The highest BCUT2D eigenvalue weighted by Crippen LogP contribution is 2.17. The maximum atomic E-state index is 12.2. The summed E-state index contributed by atoms with van der Waals surface area (Å²) in [5, 5.41) is 0. The van der Waals surface area contributed by atoms with Gasteiger partial charge in [0.15, 0.2) is 0 Å². The molecule has 0 aromatic carbocycles. The van der Waals surface area contributed by atoms with E-state index in [1.165, 1.54) is 116 Å². The fourth-order valence-electron chi connectivity index (χ4n) is 4.13. The Labute approximate surface area is 190 Å². The van der Waals surface area contributed by atoms with Crippen LogP contribution in [0.15, 0.2) is 0 Å². The lowest BCUT2D eigenvalue weighted by atomic mass is 10.0. The van der Waals surface area contributed by atoms with Crippen molar-refractivity contribution in [1.82, 2.24) is 0 Å². The lowest BCUT2D eigenvalue weighted by Crippen LogP contribution is -2.18. The van der Waals surface area contributed by atoms with E-state index in [2.05, 4.69) is 20.8 Å². The van der Waals surface area contributed by atoms with Gasteiger partial charge in [0, 0.05) is 0 Å². The van der Waals surface area contributed by atoms with Crippen molar-refractivity contribution in [3.05, 3.63) is 0 Å². The summed E-state index contributed by atoms with van der Waals surface area (Å²) in [7, 11) is 0. The third kappa shape index (κ3) is 20.7. The van der Waals surface area contributed by atoms with Crippen molar-refractivity contribution in [3.63, 3.8) is 0 Å². The van der Waals surface area contributed by atoms with Gasteiger partial charge in [0.25, 0.3) is 0 Å². The molecule has 0 saturated heterocycles. The molecule has 0 amide bonds. The zero-order valence-corrected chi connectivity index (χ0v) is 21.3. The Kier molecular flexibility index (Phi) is 22.7. The lowest BCUT2D eigenvalue weighted by molar-refractivity contribution is -0.149. The number of rotatable bonds is 23. The van der Waals surface area contributed by atoms with Gasteiger partial charge in [0.2, 0.25) is 0 Å². The third-order valence-corrected chi connectivity index (χ3v) is 6.45. The second-order valence-electron chi connectivity index (χ2n) is 9.87. The second-order valence-corrected chi connectivity index (χ2v) is 9.87. The molecule has 0 aromatic heterocycles. The molecule has 0 aromatic rings. The molecule has 0 fully saturated rings. The van der Waals surface area contributed by atoms with E-state index in [9.17, 15) is 4.79 Å². The minimum absolute atomic E-state index is 0.0186. The van der Waals surface area contributed by atoms with Gasteiger partial charge in [-0.3, -0.25) is 4.79 Å². The Morgan fingerprint density at radius 3 is 1.37 bits per heavy atom. The molecule has 0 bridgehead atoms. The molecule has 2 heteroatoms. The second kappa shape index (κ2) is 23.1. The van der Waals surface area contributed by atoms with E-state index in [-0.39, 0.29) is 11.9 Å². The molecule has 0 aliphatic rings. The molecule has 0 saturated carbocycles. The van der Waals surface area contributed by atoms with Crippen LogP contribution in [0.1, 0.15) is 156 Å². The first-order valence-electron chi connectivity index (χ1n) is 13.8. The number of carbonyl (C=O) groups is 1. The van der Waals surface area contributed by atoms with Crippen LogP contribution in [0.5, 0.6) is 0 Å². The number of unbranched alkanes of at least 4 members (excludes halogenated alkanes) is 16. The van der Waals surface area contributed by atoms with Crippen molar-refractivity contribution in [2.75, 3.05) is 6.61 Å². The Balaban J connectivity index is 3.43. The van der Waals surface area contributed by atoms with Gasteiger partial charge >= 0.3 is 5.97 Å². The van der Waals surface area contributed by atoms with E-state index in [4.69, 9.17) is 4.74 Å². The minimum atomic E-state index is 0.0186. The summed E-state index contributed by atoms with van der Waals surface area (Å²) in [5.41, 5.74) is 0. The van der Waals surface area contributed by atoms with Gasteiger partial charge in [0.05, 0.1) is 12.5 Å². The SMILES string of the molecule is CCCCCCCCCCCCCCC(C)COC(=O)C(C)CCCCCCCC. The molecule has 2 atom stereocenters. The smallest absolute Gasteiger partial charge is 0.308 e. The first kappa shape index (κ1) is 29.5. The largest absolute Gasteiger partial charge is 0.465 e. The molecular weight excluding hydrogens is 368 g/mol. The summed E-state index contributed by atoms with van der Waals surface area (Å²) in [6.07, 6.45) is 26.6. The van der Waals surface area contributed by atoms with E-state index in [1.807, 2.05) is 6.92 Å². The average Bonchev–Trinajstić information content (AvgIpc) is 2.75. The Hall–Kier alpha value is -0.530. The normalized spacial score (nSPS) is 13.3. The molecule has 2 nitrogen and oxygen atoms in total. The van der Waals surface area contributed by atoms with Crippen molar-refractivity contribution in [3.8, 4) is 0 Å². The molecule has 0 N–H and O–H groups in total. The molecule has 0 aliphatic carbocycles. The topological polar surface area (TPSA) is 26.3 Å². The molecular formula is C28H56O2. The zero-order valence-electron chi connectivity index (χ0n) is 21.3. The highest BCUT2D eigenvalue weighted by Gasteiger charge is 2.15. The molecule has 180 valence electrons. The predicted molar refractivity (Wildman–Crippen MR) is 133 cm³/mol. The van der Waals surface area contributed by atoms with Gasteiger partial charge in [-0.1, -0.05) is 143 Å². The number of hydrogen-bond donors (Lipinski definition) is 0. The average molecular weight is 425 g/mol. The van der Waals surface area contributed by atoms with Crippen molar-refractivity contribution in [2.24, 2.45) is 11.8 Å². The third-order valence-electron chi connectivity index (χ3n) is 6.45. The van der Waals surface area contributed by atoms with Crippen molar-refractivity contribution in [2.45, 2.75) is 156 Å². The van der Waals surface area contributed by atoms with E-state index in [0.29, 0.717) is 12.5 Å². The number of ether oxygens (including phenoxy) is 1. The van der Waals surface area contributed by atoms with Crippen molar-refractivity contribution < 1.29 is 9.53 Å². The standard InChI is InChI=1S/C28H56O2/c1-5-7-9-11-13-14-15-16-17-18-19-21-23-26(3)25-30-28(29)27(4)24-22-20-12-10-8-6-2/h26-27H,5-25H2,1-4H3. The first-order chi connectivity index (χ1) is 14.6. The molecule has 30 heavy (non-hydrogen) atoms. The van der Waals surface area contributed by atoms with Crippen LogP contribution in [0.3, 0.4) is 0 Å². The van der Waals surface area contributed by atoms with Gasteiger partial charge in [-0.15, -0.1) is 0 Å². The van der Waals surface area contributed by atoms with Crippen molar-refractivity contribution in [1.29, 1.82) is 0 Å². The maximum absolute atomic E-state index is 12.2. The summed E-state index contributed by atoms with van der Waals surface area (Å²) >= 11 is 0. The van der Waals surface area contributed by atoms with Crippen LogP contribution >= 0.6 is 0 Å². The molecule has 0 heterocycles. The number of hydrogen-bond acceptors (Lipinski definition) is 2. The summed E-state index contributed by atoms with van der Waals surface area (Å²) in [6, 6.07) is 0. The summed E-state index contributed by atoms with van der Waals surface area (Å²) in [6.45, 7) is 9.40. The van der Waals surface area contributed by atoms with Crippen LogP contribution < -0.4 is 0 Å². The molecule has 0 rings (SSSR count). The highest BCUT2D eigenvalue weighted by molar-refractivity contribution is 5.71. The van der Waals surface area contributed by atoms with Crippen LogP contribution in [0.4, 0.5) is 0 Å². The summed E-state index contributed by atoms with van der Waals surface area (Å²) < 4.78 is 5.58. The fraction of sp³-hybridized carbons (Fsp3) is 0.964. The minimum Gasteiger partial charge on any atom is -0.465 e. The number of carbonyl (C=O) groups excluding carboxylic acids is 1. The van der Waals surface area contributed by atoms with Crippen LogP contribution in [-0.2, 0) is 9.53 Å². The van der Waals surface area contributed by atoms with E-state index < -0.39 is 0 Å². The van der Waals surface area contributed by atoms with Crippen LogP contribution in [0, 0.1) is 11.8 Å². The van der Waals surface area contributed by atoms with Gasteiger partial charge in [0.1, 0.15) is 0 Å². The highest BCUT2D eigenvalue weighted by atomic mass is 16.5. The van der Waals surface area contributed by atoms with Gasteiger partial charge in [-0.25, -0.2) is 0 Å². The predicted octanol–water partition coefficient (Wildman–Crippen LogP) is 9.64. The molecule has 0 spiro atoms. The van der Waals surface area contributed by atoms with Crippen LogP contribution in [0.25, 0.3) is 0 Å². The fourth-order valence-corrected chi connectivity index (χ4v) is 4.13. The zero-order chi connectivity index (χ0) is 22.3. The van der Waals surface area contributed by atoms with Gasteiger partial charge < -0.3 is 4.74 Å². The quantitative estimate of drug-likeness (QED) is 0.120. The van der Waals surface area contributed by atoms with E-state index >= 15 is 0 Å². The first-order valence-corrected chi connectivity index (χ1v) is 13.8. The summed E-state index contributed by atoms with van der Waals surface area (Å²) in [4.78, 5) is 12.2. The van der Waals surface area contributed by atoms with Crippen LogP contribution in [0.2, 0.25) is 0 Å². The van der Waals surface area contributed by atoms with Gasteiger partial charge in [-0.2, -0.15) is 0 Å². The molecule has 0 aliphatic heterocycles. The van der Waals surface area contributed by atoms with Crippen molar-refractivity contribution >= 4 is 5.97 Å². The Morgan fingerprint density at radius 2 is 0.933 bits per heavy atom. The van der Waals surface area contributed by atoms with Crippen LogP contribution in [-0.4, -0.2) is 12.6 Å². The van der Waals surface area contributed by atoms with Gasteiger partial charge in [-0.05, 0) is 18.8 Å². The molecule has 0 radical (unpaired) electrons. The van der Waals surface area contributed by atoms with E-state index in [0.717, 1.165) is 12.8 Å². The Morgan fingerprint density at radius 1 is 0.567 bits per heavy atom. The lowest BCUT2D eigenvalue weighted by Gasteiger charge is -2.15. The maximum Gasteiger partial charge on any atom is 0.308 e. The molecule has 2 unspecified atom stereocenters. The monoisotopic (exact) mass is 424 g/mol. The Bertz CT molecular complexity index is 353. The number of esters is 1. The van der Waals surface area contributed by atoms with E-state index in [1.54, 1.807) is 0 Å². The summed E-state index contributed by atoms with van der Waals surface area (Å²) in [5.74, 6) is 0.582.